The van der Waals surface area contributed by atoms with Gasteiger partial charge in [-0.3, -0.25) is 0 Å². The summed E-state index contributed by atoms with van der Waals surface area (Å²) >= 11 is 0. The summed E-state index contributed by atoms with van der Waals surface area (Å²) in [6, 6.07) is 8.47. The van der Waals surface area contributed by atoms with Gasteiger partial charge in [-0.2, -0.15) is 0 Å². The second kappa shape index (κ2) is 6.98. The zero-order valence-corrected chi connectivity index (χ0v) is 11.8. The molecule has 1 heteroatoms. The van der Waals surface area contributed by atoms with E-state index in [-0.39, 0.29) is 0 Å². The van der Waals surface area contributed by atoms with Crippen molar-refractivity contribution >= 4 is 11.8 Å². The van der Waals surface area contributed by atoms with E-state index in [4.69, 9.17) is 0 Å². The fourth-order valence-corrected chi connectivity index (χ4v) is 2.41. The Labute approximate surface area is 116 Å². The Hall–Kier alpha value is -1.76. The SMILES string of the molecule is C=CCC1=C(CCCCC)Nc2ccccc2C=C1. The van der Waals surface area contributed by atoms with Gasteiger partial charge < -0.3 is 5.32 Å². The summed E-state index contributed by atoms with van der Waals surface area (Å²) in [7, 11) is 0. The Bertz CT molecular complexity index is 494. The summed E-state index contributed by atoms with van der Waals surface area (Å²) < 4.78 is 0. The summed E-state index contributed by atoms with van der Waals surface area (Å²) in [6.07, 6.45) is 12.3. The van der Waals surface area contributed by atoms with E-state index in [2.05, 4.69) is 55.2 Å². The molecule has 0 saturated heterocycles. The van der Waals surface area contributed by atoms with Gasteiger partial charge in [0.1, 0.15) is 0 Å². The summed E-state index contributed by atoms with van der Waals surface area (Å²) in [4.78, 5) is 0. The zero-order valence-electron chi connectivity index (χ0n) is 11.8. The maximum atomic E-state index is 3.87. The molecule has 1 aliphatic rings. The highest BCUT2D eigenvalue weighted by atomic mass is 14.9. The number of rotatable bonds is 6. The third-order valence-corrected chi connectivity index (χ3v) is 3.49. The van der Waals surface area contributed by atoms with E-state index in [0.717, 1.165) is 12.8 Å². The highest BCUT2D eigenvalue weighted by Gasteiger charge is 2.09. The Kier molecular flexibility index (Phi) is 5.02. The molecule has 19 heavy (non-hydrogen) atoms. The van der Waals surface area contributed by atoms with Crippen LogP contribution in [0.1, 0.15) is 44.6 Å². The van der Waals surface area contributed by atoms with Crippen molar-refractivity contribution in [2.24, 2.45) is 0 Å². The molecule has 1 aromatic carbocycles. The lowest BCUT2D eigenvalue weighted by Gasteiger charge is -2.14. The van der Waals surface area contributed by atoms with E-state index in [9.17, 15) is 0 Å². The molecule has 0 aliphatic carbocycles. The molecule has 1 aromatic rings. The zero-order chi connectivity index (χ0) is 13.5. The Balaban J connectivity index is 2.23. The molecule has 0 aromatic heterocycles. The topological polar surface area (TPSA) is 12.0 Å². The number of nitrogens with one attached hydrogen (secondary N) is 1. The minimum absolute atomic E-state index is 0.930. The smallest absolute Gasteiger partial charge is 0.0455 e. The summed E-state index contributed by atoms with van der Waals surface area (Å²) in [5, 5.41) is 3.62. The molecule has 0 atom stereocenters. The van der Waals surface area contributed by atoms with Gasteiger partial charge in [0.25, 0.3) is 0 Å². The molecular weight excluding hydrogens is 230 g/mol. The molecule has 0 amide bonds. The van der Waals surface area contributed by atoms with Crippen molar-refractivity contribution in [3.8, 4) is 0 Å². The first-order chi connectivity index (χ1) is 9.35. The van der Waals surface area contributed by atoms with Gasteiger partial charge in [0.05, 0.1) is 0 Å². The predicted molar refractivity (Wildman–Crippen MR) is 85.1 cm³/mol. The molecule has 0 bridgehead atoms. The Morgan fingerprint density at radius 1 is 1.16 bits per heavy atom. The fraction of sp³-hybridized carbons (Fsp3) is 0.333. The number of hydrogen-bond acceptors (Lipinski definition) is 1. The molecule has 100 valence electrons. The average molecular weight is 253 g/mol. The second-order valence-electron chi connectivity index (χ2n) is 5.00. The van der Waals surface area contributed by atoms with Crippen molar-refractivity contribution < 1.29 is 0 Å². The minimum Gasteiger partial charge on any atom is -0.358 e. The number of benzene rings is 1. The highest BCUT2D eigenvalue weighted by Crippen LogP contribution is 2.28. The van der Waals surface area contributed by atoms with Crippen LogP contribution in [0.2, 0.25) is 0 Å². The predicted octanol–water partition coefficient (Wildman–Crippen LogP) is 5.54. The van der Waals surface area contributed by atoms with Crippen LogP contribution >= 0.6 is 0 Å². The van der Waals surface area contributed by atoms with Gasteiger partial charge in [-0.1, -0.05) is 56.2 Å². The monoisotopic (exact) mass is 253 g/mol. The molecule has 0 radical (unpaired) electrons. The standard InChI is InChI=1S/C18H23N/c1-3-5-6-11-17-15(9-4-2)13-14-16-10-7-8-12-18(16)19-17/h4,7-8,10,12-14,19H,2-3,5-6,9,11H2,1H3. The van der Waals surface area contributed by atoms with Gasteiger partial charge >= 0.3 is 0 Å². The van der Waals surface area contributed by atoms with Gasteiger partial charge in [0.15, 0.2) is 0 Å². The maximum absolute atomic E-state index is 3.87. The lowest BCUT2D eigenvalue weighted by Crippen LogP contribution is -2.03. The van der Waals surface area contributed by atoms with E-state index in [0.29, 0.717) is 0 Å². The number of allylic oxidation sites excluding steroid dienone is 4. The van der Waals surface area contributed by atoms with Crippen LogP contribution in [0.25, 0.3) is 6.08 Å². The molecule has 2 rings (SSSR count). The first kappa shape index (κ1) is 13.7. The van der Waals surface area contributed by atoms with Crippen molar-refractivity contribution in [1.29, 1.82) is 0 Å². The number of hydrogen-bond donors (Lipinski definition) is 1. The van der Waals surface area contributed by atoms with Gasteiger partial charge in [-0.05, 0) is 36.5 Å². The van der Waals surface area contributed by atoms with E-state index in [1.54, 1.807) is 0 Å². The van der Waals surface area contributed by atoms with E-state index < -0.39 is 0 Å². The van der Waals surface area contributed by atoms with Crippen molar-refractivity contribution in [3.63, 3.8) is 0 Å². The van der Waals surface area contributed by atoms with Gasteiger partial charge in [-0.15, -0.1) is 6.58 Å². The normalized spacial score (nSPS) is 13.7. The molecule has 1 aliphatic heterocycles. The Morgan fingerprint density at radius 2 is 2.00 bits per heavy atom. The van der Waals surface area contributed by atoms with Crippen molar-refractivity contribution in [2.45, 2.75) is 39.0 Å². The number of para-hydroxylation sites is 1. The summed E-state index contributed by atoms with van der Waals surface area (Å²) in [5.74, 6) is 0. The van der Waals surface area contributed by atoms with Crippen LogP contribution in [0, 0.1) is 0 Å². The third kappa shape index (κ3) is 3.60. The van der Waals surface area contributed by atoms with Crippen molar-refractivity contribution in [3.05, 3.63) is 59.8 Å². The molecule has 1 nitrogen and oxygen atoms in total. The molecular formula is C18H23N. The van der Waals surface area contributed by atoms with Crippen LogP contribution < -0.4 is 5.32 Å². The van der Waals surface area contributed by atoms with Crippen LogP contribution in [0.4, 0.5) is 5.69 Å². The summed E-state index contributed by atoms with van der Waals surface area (Å²) in [5.41, 5.74) is 5.19. The van der Waals surface area contributed by atoms with Gasteiger partial charge in [0, 0.05) is 11.4 Å². The lowest BCUT2D eigenvalue weighted by molar-refractivity contribution is 0.712. The molecule has 0 saturated carbocycles. The Morgan fingerprint density at radius 3 is 2.79 bits per heavy atom. The van der Waals surface area contributed by atoms with E-state index in [1.165, 1.54) is 41.8 Å². The van der Waals surface area contributed by atoms with Crippen molar-refractivity contribution in [1.82, 2.24) is 0 Å². The molecule has 1 N–H and O–H groups in total. The first-order valence-corrected chi connectivity index (χ1v) is 7.22. The third-order valence-electron chi connectivity index (χ3n) is 3.49. The largest absolute Gasteiger partial charge is 0.358 e. The van der Waals surface area contributed by atoms with Crippen LogP contribution in [0.5, 0.6) is 0 Å². The first-order valence-electron chi connectivity index (χ1n) is 7.22. The number of unbranched alkanes of at least 4 members (excludes halogenated alkanes) is 2. The van der Waals surface area contributed by atoms with Gasteiger partial charge in [0.2, 0.25) is 0 Å². The van der Waals surface area contributed by atoms with Crippen molar-refractivity contribution in [2.75, 3.05) is 5.32 Å². The van der Waals surface area contributed by atoms with E-state index >= 15 is 0 Å². The average Bonchev–Trinajstić information content (AvgIpc) is 2.60. The van der Waals surface area contributed by atoms with Crippen LogP contribution in [-0.2, 0) is 0 Å². The number of anilines is 1. The number of fused-ring (bicyclic) bond motifs is 1. The van der Waals surface area contributed by atoms with Crippen LogP contribution in [0.3, 0.4) is 0 Å². The fourth-order valence-electron chi connectivity index (χ4n) is 2.41. The van der Waals surface area contributed by atoms with Gasteiger partial charge in [-0.25, -0.2) is 0 Å². The van der Waals surface area contributed by atoms with Crippen LogP contribution in [-0.4, -0.2) is 0 Å². The van der Waals surface area contributed by atoms with Crippen LogP contribution in [0.15, 0.2) is 54.3 Å². The van der Waals surface area contributed by atoms with E-state index in [1.807, 2.05) is 6.08 Å². The molecule has 0 fully saturated rings. The maximum Gasteiger partial charge on any atom is 0.0455 e. The highest BCUT2D eigenvalue weighted by molar-refractivity contribution is 5.72. The molecule has 0 unspecified atom stereocenters. The summed E-state index contributed by atoms with van der Waals surface area (Å²) in [6.45, 7) is 6.11. The quantitative estimate of drug-likeness (QED) is 0.518. The minimum atomic E-state index is 0.930. The molecule has 0 spiro atoms. The second-order valence-corrected chi connectivity index (χ2v) is 5.00. The lowest BCUT2D eigenvalue weighted by atomic mass is 10.0. The molecule has 1 heterocycles.